The maximum atomic E-state index is 14.5. The van der Waals surface area contributed by atoms with Crippen molar-refractivity contribution in [3.8, 4) is 11.1 Å². The van der Waals surface area contributed by atoms with E-state index in [-0.39, 0.29) is 12.3 Å². The molecule has 0 radical (unpaired) electrons. The van der Waals surface area contributed by atoms with E-state index in [1.807, 2.05) is 18.2 Å². The molecule has 1 aromatic carbocycles. The van der Waals surface area contributed by atoms with Crippen LogP contribution in [0.2, 0.25) is 0 Å². The third-order valence-electron chi connectivity index (χ3n) is 4.60. The largest absolute Gasteiger partial charge is 0.461 e. The maximum Gasteiger partial charge on any atom is 0.357 e. The SMILES string of the molecule is CCCCCCCCCc1cccc(-c2c[nH]c(C(=O)OCC)c2F)c1. The van der Waals surface area contributed by atoms with E-state index in [4.69, 9.17) is 4.74 Å². The highest BCUT2D eigenvalue weighted by Crippen LogP contribution is 2.26. The van der Waals surface area contributed by atoms with Crippen molar-refractivity contribution in [1.82, 2.24) is 4.98 Å². The second-order valence-corrected chi connectivity index (χ2v) is 6.68. The van der Waals surface area contributed by atoms with Crippen LogP contribution < -0.4 is 0 Å². The third-order valence-corrected chi connectivity index (χ3v) is 4.60. The molecule has 2 rings (SSSR count). The first-order chi connectivity index (χ1) is 12.7. The summed E-state index contributed by atoms with van der Waals surface area (Å²) in [6, 6.07) is 7.91. The second kappa shape index (κ2) is 10.8. The maximum absolute atomic E-state index is 14.5. The van der Waals surface area contributed by atoms with Crippen LogP contribution in [0, 0.1) is 5.82 Å². The Labute approximate surface area is 156 Å². The van der Waals surface area contributed by atoms with Gasteiger partial charge in [0, 0.05) is 11.8 Å². The summed E-state index contributed by atoms with van der Waals surface area (Å²) in [6.07, 6.45) is 11.5. The summed E-state index contributed by atoms with van der Waals surface area (Å²) in [5.41, 5.74) is 2.29. The molecule has 26 heavy (non-hydrogen) atoms. The fourth-order valence-electron chi connectivity index (χ4n) is 3.15. The van der Waals surface area contributed by atoms with Gasteiger partial charge in [-0.25, -0.2) is 9.18 Å². The minimum Gasteiger partial charge on any atom is -0.461 e. The normalized spacial score (nSPS) is 10.9. The van der Waals surface area contributed by atoms with Crippen molar-refractivity contribution in [2.75, 3.05) is 6.61 Å². The fraction of sp³-hybridized carbons (Fsp3) is 0.500. The van der Waals surface area contributed by atoms with Gasteiger partial charge in [0.25, 0.3) is 0 Å². The zero-order valence-electron chi connectivity index (χ0n) is 15.9. The number of H-pyrrole nitrogens is 1. The predicted molar refractivity (Wildman–Crippen MR) is 104 cm³/mol. The first-order valence-corrected chi connectivity index (χ1v) is 9.80. The van der Waals surface area contributed by atoms with Gasteiger partial charge in [0.15, 0.2) is 11.5 Å². The van der Waals surface area contributed by atoms with Gasteiger partial charge in [0.2, 0.25) is 0 Å². The van der Waals surface area contributed by atoms with E-state index in [2.05, 4.69) is 18.0 Å². The van der Waals surface area contributed by atoms with E-state index >= 15 is 0 Å². The van der Waals surface area contributed by atoms with Crippen LogP contribution in [0.25, 0.3) is 11.1 Å². The molecule has 0 bridgehead atoms. The summed E-state index contributed by atoms with van der Waals surface area (Å²) in [5, 5.41) is 0. The van der Waals surface area contributed by atoms with Gasteiger partial charge in [-0.1, -0.05) is 69.7 Å². The minimum atomic E-state index is -0.657. The van der Waals surface area contributed by atoms with Crippen LogP contribution in [0.3, 0.4) is 0 Å². The predicted octanol–water partition coefficient (Wildman–Crippen LogP) is 6.29. The third kappa shape index (κ3) is 5.72. The summed E-state index contributed by atoms with van der Waals surface area (Å²) < 4.78 is 19.4. The molecule has 0 atom stereocenters. The van der Waals surface area contributed by atoms with Crippen LogP contribution in [0.15, 0.2) is 30.5 Å². The smallest absolute Gasteiger partial charge is 0.357 e. The number of aromatic nitrogens is 1. The Bertz CT molecular complexity index is 693. The molecule has 1 heterocycles. The molecule has 0 saturated heterocycles. The van der Waals surface area contributed by atoms with Crippen molar-refractivity contribution in [3.05, 3.63) is 47.5 Å². The number of unbranched alkanes of at least 4 members (excludes halogenated alkanes) is 6. The average Bonchev–Trinajstić information content (AvgIpc) is 3.03. The number of aromatic amines is 1. The van der Waals surface area contributed by atoms with E-state index in [0.29, 0.717) is 5.56 Å². The highest BCUT2D eigenvalue weighted by Gasteiger charge is 2.19. The lowest BCUT2D eigenvalue weighted by molar-refractivity contribution is 0.0515. The number of benzene rings is 1. The highest BCUT2D eigenvalue weighted by molar-refractivity contribution is 5.90. The Hall–Kier alpha value is -2.10. The van der Waals surface area contributed by atoms with Crippen molar-refractivity contribution >= 4 is 5.97 Å². The Morgan fingerprint density at radius 1 is 1.08 bits per heavy atom. The number of esters is 1. The molecule has 4 heteroatoms. The van der Waals surface area contributed by atoms with Crippen molar-refractivity contribution in [1.29, 1.82) is 0 Å². The highest BCUT2D eigenvalue weighted by atomic mass is 19.1. The topological polar surface area (TPSA) is 42.1 Å². The van der Waals surface area contributed by atoms with Crippen LogP contribution >= 0.6 is 0 Å². The Kier molecular flexibility index (Phi) is 8.39. The molecule has 0 aliphatic carbocycles. The van der Waals surface area contributed by atoms with Crippen LogP contribution in [0.4, 0.5) is 4.39 Å². The average molecular weight is 359 g/mol. The fourth-order valence-corrected chi connectivity index (χ4v) is 3.15. The first-order valence-electron chi connectivity index (χ1n) is 9.80. The number of nitrogens with one attached hydrogen (secondary N) is 1. The Balaban J connectivity index is 1.94. The number of halogens is 1. The summed E-state index contributed by atoms with van der Waals surface area (Å²) >= 11 is 0. The molecule has 142 valence electrons. The number of ether oxygens (including phenoxy) is 1. The number of aryl methyl sites for hydroxylation is 1. The van der Waals surface area contributed by atoms with E-state index in [1.165, 1.54) is 50.3 Å². The molecule has 0 saturated carbocycles. The van der Waals surface area contributed by atoms with Crippen LogP contribution in [-0.2, 0) is 11.2 Å². The lowest BCUT2D eigenvalue weighted by Gasteiger charge is -2.05. The van der Waals surface area contributed by atoms with Gasteiger partial charge >= 0.3 is 5.97 Å². The molecule has 0 aliphatic heterocycles. The number of hydrogen-bond donors (Lipinski definition) is 1. The van der Waals surface area contributed by atoms with E-state index in [0.717, 1.165) is 18.4 Å². The summed E-state index contributed by atoms with van der Waals surface area (Å²) in [6.45, 7) is 4.16. The number of rotatable bonds is 11. The quantitative estimate of drug-likeness (QED) is 0.378. The molecule has 3 nitrogen and oxygen atoms in total. The van der Waals surface area contributed by atoms with Gasteiger partial charge in [0.1, 0.15) is 0 Å². The lowest BCUT2D eigenvalue weighted by atomic mass is 10.0. The van der Waals surface area contributed by atoms with Crippen LogP contribution in [0.5, 0.6) is 0 Å². The molecule has 0 amide bonds. The molecule has 0 spiro atoms. The van der Waals surface area contributed by atoms with Gasteiger partial charge in [-0.05, 0) is 30.9 Å². The zero-order valence-corrected chi connectivity index (χ0v) is 15.9. The summed E-state index contributed by atoms with van der Waals surface area (Å²) in [4.78, 5) is 14.5. The van der Waals surface area contributed by atoms with Gasteiger partial charge < -0.3 is 9.72 Å². The molecular weight excluding hydrogens is 329 g/mol. The van der Waals surface area contributed by atoms with Crippen LogP contribution in [0.1, 0.15) is 74.8 Å². The van der Waals surface area contributed by atoms with Crippen LogP contribution in [-0.4, -0.2) is 17.6 Å². The van der Waals surface area contributed by atoms with Gasteiger partial charge in [-0.3, -0.25) is 0 Å². The monoisotopic (exact) mass is 359 g/mol. The number of carbonyl (C=O) groups is 1. The molecule has 1 aromatic heterocycles. The summed E-state index contributed by atoms with van der Waals surface area (Å²) in [7, 11) is 0. The Morgan fingerprint density at radius 2 is 1.81 bits per heavy atom. The lowest BCUT2D eigenvalue weighted by Crippen LogP contribution is -2.06. The van der Waals surface area contributed by atoms with Crippen molar-refractivity contribution < 1.29 is 13.9 Å². The van der Waals surface area contributed by atoms with E-state index in [9.17, 15) is 9.18 Å². The number of hydrogen-bond acceptors (Lipinski definition) is 2. The van der Waals surface area contributed by atoms with Crippen molar-refractivity contribution in [2.45, 2.75) is 65.2 Å². The molecule has 0 fully saturated rings. The molecule has 2 aromatic rings. The minimum absolute atomic E-state index is 0.112. The molecule has 0 aliphatic rings. The van der Waals surface area contributed by atoms with Crippen molar-refractivity contribution in [2.24, 2.45) is 0 Å². The van der Waals surface area contributed by atoms with Gasteiger partial charge in [-0.2, -0.15) is 0 Å². The van der Waals surface area contributed by atoms with Crippen molar-refractivity contribution in [3.63, 3.8) is 0 Å². The number of carbonyl (C=O) groups excluding carboxylic acids is 1. The first kappa shape index (κ1) is 20.2. The zero-order chi connectivity index (χ0) is 18.8. The standard InChI is InChI=1S/C22H30FNO2/c1-3-5-6-7-8-9-10-12-17-13-11-14-18(15-17)19-16-24-21(20(19)23)22(25)26-4-2/h11,13-16,24H,3-10,12H2,1-2H3. The second-order valence-electron chi connectivity index (χ2n) is 6.68. The Morgan fingerprint density at radius 3 is 2.54 bits per heavy atom. The molecule has 0 unspecified atom stereocenters. The van der Waals surface area contributed by atoms with Gasteiger partial charge in [-0.15, -0.1) is 0 Å². The summed E-state index contributed by atoms with van der Waals surface area (Å²) in [5.74, 6) is -1.20. The van der Waals surface area contributed by atoms with E-state index < -0.39 is 11.8 Å². The van der Waals surface area contributed by atoms with Gasteiger partial charge in [0.05, 0.1) is 6.61 Å². The molecular formula is C22H30FNO2. The van der Waals surface area contributed by atoms with E-state index in [1.54, 1.807) is 6.92 Å². The molecule has 1 N–H and O–H groups in total.